The fourth-order valence-electron chi connectivity index (χ4n) is 2.49. The quantitative estimate of drug-likeness (QED) is 0.846. The Kier molecular flexibility index (Phi) is 4.99. The van der Waals surface area contributed by atoms with Crippen LogP contribution in [0.5, 0.6) is 0 Å². The van der Waals surface area contributed by atoms with Crippen LogP contribution in [0.3, 0.4) is 0 Å². The van der Waals surface area contributed by atoms with Crippen LogP contribution in [-0.4, -0.2) is 56.9 Å². The standard InChI is InChI=1S/C14H25N5S/c1-11(2)15-14(20)19-7-5-18(6-8-19)10-13-9-17(4)16-12(13)3/h9,11H,5-8,10H2,1-4H3,(H,15,20). The molecule has 0 amide bonds. The Labute approximate surface area is 126 Å². The molecule has 1 fully saturated rings. The van der Waals surface area contributed by atoms with Gasteiger partial charge in [-0.25, -0.2) is 0 Å². The van der Waals surface area contributed by atoms with E-state index in [9.17, 15) is 0 Å². The topological polar surface area (TPSA) is 36.3 Å². The van der Waals surface area contributed by atoms with E-state index >= 15 is 0 Å². The van der Waals surface area contributed by atoms with Gasteiger partial charge in [-0.05, 0) is 33.0 Å². The van der Waals surface area contributed by atoms with Gasteiger partial charge in [-0.15, -0.1) is 0 Å². The molecule has 1 aromatic rings. The van der Waals surface area contributed by atoms with Gasteiger partial charge in [0.05, 0.1) is 5.69 Å². The minimum atomic E-state index is 0.401. The summed E-state index contributed by atoms with van der Waals surface area (Å²) in [5.41, 5.74) is 2.45. The number of nitrogens with zero attached hydrogens (tertiary/aromatic N) is 4. The van der Waals surface area contributed by atoms with Gasteiger partial charge in [-0.2, -0.15) is 5.10 Å². The Morgan fingerprint density at radius 2 is 2.00 bits per heavy atom. The van der Waals surface area contributed by atoms with E-state index in [2.05, 4.69) is 47.2 Å². The number of thiocarbonyl (C=S) groups is 1. The monoisotopic (exact) mass is 295 g/mol. The maximum Gasteiger partial charge on any atom is 0.169 e. The lowest BCUT2D eigenvalue weighted by molar-refractivity contribution is 0.174. The largest absolute Gasteiger partial charge is 0.360 e. The number of aromatic nitrogens is 2. The highest BCUT2D eigenvalue weighted by Gasteiger charge is 2.20. The molecule has 1 aliphatic rings. The SMILES string of the molecule is Cc1nn(C)cc1CN1CCN(C(=S)NC(C)C)CC1. The van der Waals surface area contributed by atoms with E-state index in [-0.39, 0.29) is 0 Å². The van der Waals surface area contributed by atoms with Crippen molar-refractivity contribution in [3.8, 4) is 0 Å². The summed E-state index contributed by atoms with van der Waals surface area (Å²) in [6.45, 7) is 11.4. The van der Waals surface area contributed by atoms with Crippen LogP contribution in [0.15, 0.2) is 6.20 Å². The van der Waals surface area contributed by atoms with Crippen molar-refractivity contribution >= 4 is 17.3 Å². The minimum absolute atomic E-state index is 0.401. The van der Waals surface area contributed by atoms with Crippen LogP contribution < -0.4 is 5.32 Å². The summed E-state index contributed by atoms with van der Waals surface area (Å²) in [7, 11) is 1.98. The van der Waals surface area contributed by atoms with Crippen molar-refractivity contribution in [2.45, 2.75) is 33.4 Å². The van der Waals surface area contributed by atoms with Crippen LogP contribution in [0.4, 0.5) is 0 Å². The Bertz CT molecular complexity index is 460. The molecule has 0 radical (unpaired) electrons. The highest BCUT2D eigenvalue weighted by Crippen LogP contribution is 2.11. The third-order valence-electron chi connectivity index (χ3n) is 3.58. The molecule has 0 bridgehead atoms. The molecule has 1 aromatic heterocycles. The summed E-state index contributed by atoms with van der Waals surface area (Å²) in [6.07, 6.45) is 2.12. The van der Waals surface area contributed by atoms with Crippen molar-refractivity contribution in [2.24, 2.45) is 7.05 Å². The van der Waals surface area contributed by atoms with Crippen LogP contribution in [0.2, 0.25) is 0 Å². The fourth-order valence-corrected chi connectivity index (χ4v) is 2.91. The first kappa shape index (κ1) is 15.3. The number of rotatable bonds is 3. The normalized spacial score (nSPS) is 16.8. The summed E-state index contributed by atoms with van der Waals surface area (Å²) in [6, 6.07) is 0.401. The number of hydrogen-bond acceptors (Lipinski definition) is 3. The van der Waals surface area contributed by atoms with E-state index in [1.165, 1.54) is 5.56 Å². The molecule has 0 aliphatic carbocycles. The van der Waals surface area contributed by atoms with E-state index in [4.69, 9.17) is 12.2 Å². The van der Waals surface area contributed by atoms with Gasteiger partial charge in [-0.3, -0.25) is 9.58 Å². The Balaban J connectivity index is 1.82. The summed E-state index contributed by atoms with van der Waals surface area (Å²) < 4.78 is 1.89. The number of aryl methyl sites for hydroxylation is 2. The predicted octanol–water partition coefficient (Wildman–Crippen LogP) is 1.13. The van der Waals surface area contributed by atoms with Gasteiger partial charge in [0.25, 0.3) is 0 Å². The van der Waals surface area contributed by atoms with Gasteiger partial charge in [0.2, 0.25) is 0 Å². The van der Waals surface area contributed by atoms with Crippen molar-refractivity contribution in [3.05, 3.63) is 17.5 Å². The molecule has 0 aromatic carbocycles. The molecule has 1 aliphatic heterocycles. The van der Waals surface area contributed by atoms with Crippen molar-refractivity contribution < 1.29 is 0 Å². The molecule has 0 unspecified atom stereocenters. The first-order chi connectivity index (χ1) is 9.45. The molecule has 5 nitrogen and oxygen atoms in total. The number of hydrogen-bond donors (Lipinski definition) is 1. The molecule has 20 heavy (non-hydrogen) atoms. The van der Waals surface area contributed by atoms with E-state index in [1.54, 1.807) is 0 Å². The average Bonchev–Trinajstić information content (AvgIpc) is 2.68. The van der Waals surface area contributed by atoms with E-state index < -0.39 is 0 Å². The zero-order valence-electron chi connectivity index (χ0n) is 12.9. The molecule has 1 N–H and O–H groups in total. The van der Waals surface area contributed by atoms with Gasteiger partial charge in [0, 0.05) is 57.6 Å². The van der Waals surface area contributed by atoms with Gasteiger partial charge in [0.15, 0.2) is 5.11 Å². The van der Waals surface area contributed by atoms with Crippen LogP contribution >= 0.6 is 12.2 Å². The Morgan fingerprint density at radius 1 is 1.35 bits per heavy atom. The van der Waals surface area contributed by atoms with Crippen molar-refractivity contribution in [1.82, 2.24) is 24.9 Å². The van der Waals surface area contributed by atoms with Crippen LogP contribution in [0.1, 0.15) is 25.1 Å². The van der Waals surface area contributed by atoms with Gasteiger partial charge >= 0.3 is 0 Å². The van der Waals surface area contributed by atoms with Crippen LogP contribution in [-0.2, 0) is 13.6 Å². The fraction of sp³-hybridized carbons (Fsp3) is 0.714. The summed E-state index contributed by atoms with van der Waals surface area (Å²) in [5, 5.41) is 8.60. The predicted molar refractivity (Wildman–Crippen MR) is 85.7 cm³/mol. The zero-order chi connectivity index (χ0) is 14.7. The van der Waals surface area contributed by atoms with Gasteiger partial charge < -0.3 is 10.2 Å². The van der Waals surface area contributed by atoms with Crippen molar-refractivity contribution in [2.75, 3.05) is 26.2 Å². The third-order valence-corrected chi connectivity index (χ3v) is 3.96. The van der Waals surface area contributed by atoms with E-state index in [0.717, 1.165) is 43.5 Å². The second-order valence-electron chi connectivity index (χ2n) is 5.78. The Hall–Kier alpha value is -1.14. The minimum Gasteiger partial charge on any atom is -0.360 e. The lowest BCUT2D eigenvalue weighted by Crippen LogP contribution is -2.52. The molecular weight excluding hydrogens is 270 g/mol. The molecule has 0 atom stereocenters. The maximum atomic E-state index is 5.43. The molecular formula is C14H25N5S. The molecule has 0 spiro atoms. The van der Waals surface area contributed by atoms with Crippen LogP contribution in [0.25, 0.3) is 0 Å². The second-order valence-corrected chi connectivity index (χ2v) is 6.17. The first-order valence-corrected chi connectivity index (χ1v) is 7.63. The van der Waals surface area contributed by atoms with E-state index in [0.29, 0.717) is 6.04 Å². The lowest BCUT2D eigenvalue weighted by Gasteiger charge is -2.36. The van der Waals surface area contributed by atoms with Crippen molar-refractivity contribution in [3.63, 3.8) is 0 Å². The van der Waals surface area contributed by atoms with Crippen LogP contribution in [0, 0.1) is 6.92 Å². The molecule has 2 rings (SSSR count). The third kappa shape index (κ3) is 3.93. The van der Waals surface area contributed by atoms with E-state index in [1.807, 2.05) is 11.7 Å². The summed E-state index contributed by atoms with van der Waals surface area (Å²) in [5.74, 6) is 0. The first-order valence-electron chi connectivity index (χ1n) is 7.22. The van der Waals surface area contributed by atoms with Gasteiger partial charge in [-0.1, -0.05) is 0 Å². The smallest absolute Gasteiger partial charge is 0.169 e. The summed E-state index contributed by atoms with van der Waals surface area (Å²) in [4.78, 5) is 4.74. The highest BCUT2D eigenvalue weighted by atomic mass is 32.1. The second kappa shape index (κ2) is 6.54. The molecule has 1 saturated heterocycles. The average molecular weight is 295 g/mol. The number of nitrogens with one attached hydrogen (secondary N) is 1. The lowest BCUT2D eigenvalue weighted by atomic mass is 10.2. The summed E-state index contributed by atoms with van der Waals surface area (Å²) >= 11 is 5.43. The molecule has 2 heterocycles. The molecule has 6 heteroatoms. The molecule has 0 saturated carbocycles. The van der Waals surface area contributed by atoms with Gasteiger partial charge in [0.1, 0.15) is 0 Å². The number of piperazine rings is 1. The highest BCUT2D eigenvalue weighted by molar-refractivity contribution is 7.80. The Morgan fingerprint density at radius 3 is 2.50 bits per heavy atom. The maximum absolute atomic E-state index is 5.43. The van der Waals surface area contributed by atoms with Crippen molar-refractivity contribution in [1.29, 1.82) is 0 Å². The zero-order valence-corrected chi connectivity index (χ0v) is 13.7. The molecule has 112 valence electrons.